The maximum atomic E-state index is 11.7. The van der Waals surface area contributed by atoms with Crippen molar-refractivity contribution < 1.29 is 19.1 Å². The number of nitrogens with one attached hydrogen (secondary N) is 1. The summed E-state index contributed by atoms with van der Waals surface area (Å²) in [5.41, 5.74) is 0.424. The predicted molar refractivity (Wildman–Crippen MR) is 80.1 cm³/mol. The third kappa shape index (κ3) is 6.79. The average molecular weight is 293 g/mol. The van der Waals surface area contributed by atoms with Crippen LogP contribution in [0.2, 0.25) is 0 Å². The zero-order valence-electron chi connectivity index (χ0n) is 13.0. The second kappa shape index (κ2) is 7.67. The number of alkyl carbamates (subject to hydrolysis) is 1. The van der Waals surface area contributed by atoms with Crippen molar-refractivity contribution in [1.82, 2.24) is 5.32 Å². The number of carbonyl (C=O) groups is 2. The van der Waals surface area contributed by atoms with Crippen LogP contribution in [0.25, 0.3) is 0 Å². The number of esters is 1. The molecule has 0 fully saturated rings. The first kappa shape index (κ1) is 17.0. The molecule has 0 heterocycles. The molecule has 5 nitrogen and oxygen atoms in total. The fourth-order valence-corrected chi connectivity index (χ4v) is 1.84. The third-order valence-electron chi connectivity index (χ3n) is 2.80. The summed E-state index contributed by atoms with van der Waals surface area (Å²) in [6.45, 7) is 5.72. The molecule has 0 aliphatic rings. The number of ether oxygens (including phenoxy) is 2. The molecule has 0 saturated heterocycles. The van der Waals surface area contributed by atoms with Crippen molar-refractivity contribution in [1.29, 1.82) is 0 Å². The van der Waals surface area contributed by atoms with Crippen molar-refractivity contribution in [3.8, 4) is 0 Å². The van der Waals surface area contributed by atoms with E-state index in [2.05, 4.69) is 5.32 Å². The standard InChI is InChI=1S/C16H23NO4/c1-16(2,3)21-15(19)17-11-13(10-14(18)20-4)12-8-6-5-7-9-12/h5-9,13H,10-11H2,1-4H3,(H,17,19)/t13-/m0/s1. The number of carbonyl (C=O) groups excluding carboxylic acids is 2. The van der Waals surface area contributed by atoms with Crippen LogP contribution in [-0.2, 0) is 14.3 Å². The Morgan fingerprint density at radius 3 is 2.33 bits per heavy atom. The summed E-state index contributed by atoms with van der Waals surface area (Å²) in [4.78, 5) is 23.2. The molecule has 116 valence electrons. The molecule has 0 aliphatic heterocycles. The Balaban J connectivity index is 2.66. The molecular formula is C16H23NO4. The monoisotopic (exact) mass is 293 g/mol. The molecule has 0 bridgehead atoms. The summed E-state index contributed by atoms with van der Waals surface area (Å²) in [5, 5.41) is 2.70. The lowest BCUT2D eigenvalue weighted by molar-refractivity contribution is -0.141. The van der Waals surface area contributed by atoms with Crippen LogP contribution in [0.1, 0.15) is 38.7 Å². The maximum Gasteiger partial charge on any atom is 0.407 e. The van der Waals surface area contributed by atoms with Crippen molar-refractivity contribution in [2.24, 2.45) is 0 Å². The van der Waals surface area contributed by atoms with E-state index in [1.165, 1.54) is 7.11 Å². The number of hydrogen-bond acceptors (Lipinski definition) is 4. The van der Waals surface area contributed by atoms with Crippen molar-refractivity contribution in [2.45, 2.75) is 38.7 Å². The Morgan fingerprint density at radius 1 is 1.19 bits per heavy atom. The molecule has 0 unspecified atom stereocenters. The molecule has 5 heteroatoms. The fraction of sp³-hybridized carbons (Fsp3) is 0.500. The number of hydrogen-bond donors (Lipinski definition) is 1. The van der Waals surface area contributed by atoms with Gasteiger partial charge in [0.05, 0.1) is 13.5 Å². The molecule has 0 saturated carbocycles. The minimum Gasteiger partial charge on any atom is -0.469 e. The van der Waals surface area contributed by atoms with Gasteiger partial charge in [0.15, 0.2) is 0 Å². The normalized spacial score (nSPS) is 12.4. The number of rotatable bonds is 5. The highest BCUT2D eigenvalue weighted by atomic mass is 16.6. The van der Waals surface area contributed by atoms with Crippen LogP contribution in [0.15, 0.2) is 30.3 Å². The first-order chi connectivity index (χ1) is 9.81. The van der Waals surface area contributed by atoms with Crippen LogP contribution in [0.5, 0.6) is 0 Å². The first-order valence-electron chi connectivity index (χ1n) is 6.90. The molecule has 0 aromatic heterocycles. The molecule has 0 aliphatic carbocycles. The van der Waals surface area contributed by atoms with Gasteiger partial charge < -0.3 is 14.8 Å². The Bertz CT molecular complexity index is 465. The van der Waals surface area contributed by atoms with Gasteiger partial charge in [-0.1, -0.05) is 30.3 Å². The van der Waals surface area contributed by atoms with Crippen LogP contribution in [0, 0.1) is 0 Å². The van der Waals surface area contributed by atoms with E-state index in [-0.39, 0.29) is 18.3 Å². The van der Waals surface area contributed by atoms with Gasteiger partial charge in [0.1, 0.15) is 5.60 Å². The summed E-state index contributed by atoms with van der Waals surface area (Å²) in [5.74, 6) is -0.457. The largest absolute Gasteiger partial charge is 0.469 e. The Labute approximate surface area is 125 Å². The van der Waals surface area contributed by atoms with Crippen LogP contribution >= 0.6 is 0 Å². The summed E-state index contributed by atoms with van der Waals surface area (Å²) < 4.78 is 9.90. The van der Waals surface area contributed by atoms with E-state index >= 15 is 0 Å². The highest BCUT2D eigenvalue weighted by Gasteiger charge is 2.20. The van der Waals surface area contributed by atoms with Gasteiger partial charge in [0, 0.05) is 12.5 Å². The van der Waals surface area contributed by atoms with E-state index in [1.54, 1.807) is 20.8 Å². The zero-order chi connectivity index (χ0) is 15.9. The highest BCUT2D eigenvalue weighted by Crippen LogP contribution is 2.19. The molecule has 0 radical (unpaired) electrons. The van der Waals surface area contributed by atoms with E-state index in [9.17, 15) is 9.59 Å². The second-order valence-corrected chi connectivity index (χ2v) is 5.77. The lowest BCUT2D eigenvalue weighted by atomic mass is 9.96. The van der Waals surface area contributed by atoms with E-state index in [1.807, 2.05) is 30.3 Å². The van der Waals surface area contributed by atoms with Crippen LogP contribution in [0.4, 0.5) is 4.79 Å². The quantitative estimate of drug-likeness (QED) is 0.848. The topological polar surface area (TPSA) is 64.6 Å². The van der Waals surface area contributed by atoms with E-state index < -0.39 is 11.7 Å². The molecule has 1 rings (SSSR count). The molecule has 0 spiro atoms. The first-order valence-corrected chi connectivity index (χ1v) is 6.90. The average Bonchev–Trinajstić information content (AvgIpc) is 2.42. The Kier molecular flexibility index (Phi) is 6.21. The Hall–Kier alpha value is -2.04. The molecule has 21 heavy (non-hydrogen) atoms. The lowest BCUT2D eigenvalue weighted by Gasteiger charge is -2.22. The predicted octanol–water partition coefficient (Wildman–Crippen LogP) is 2.86. The zero-order valence-corrected chi connectivity index (χ0v) is 13.0. The van der Waals surface area contributed by atoms with Gasteiger partial charge in [-0.25, -0.2) is 4.79 Å². The molecule has 1 aromatic carbocycles. The summed E-state index contributed by atoms with van der Waals surface area (Å²) in [7, 11) is 1.35. The smallest absolute Gasteiger partial charge is 0.407 e. The molecule has 1 aromatic rings. The lowest BCUT2D eigenvalue weighted by Crippen LogP contribution is -2.35. The molecular weight excluding hydrogens is 270 g/mol. The maximum absolute atomic E-state index is 11.7. The second-order valence-electron chi connectivity index (χ2n) is 5.77. The van der Waals surface area contributed by atoms with Gasteiger partial charge in [0.2, 0.25) is 0 Å². The summed E-state index contributed by atoms with van der Waals surface area (Å²) >= 11 is 0. The molecule has 1 atom stereocenters. The fourth-order valence-electron chi connectivity index (χ4n) is 1.84. The van der Waals surface area contributed by atoms with Crippen molar-refractivity contribution in [2.75, 3.05) is 13.7 Å². The van der Waals surface area contributed by atoms with E-state index in [0.29, 0.717) is 6.54 Å². The van der Waals surface area contributed by atoms with Gasteiger partial charge in [-0.15, -0.1) is 0 Å². The highest BCUT2D eigenvalue weighted by molar-refractivity contribution is 5.71. The minimum absolute atomic E-state index is 0.147. The third-order valence-corrected chi connectivity index (χ3v) is 2.80. The van der Waals surface area contributed by atoms with Gasteiger partial charge in [0.25, 0.3) is 0 Å². The molecule has 1 amide bonds. The summed E-state index contributed by atoms with van der Waals surface area (Å²) in [6, 6.07) is 9.54. The number of methoxy groups -OCH3 is 1. The van der Waals surface area contributed by atoms with E-state index in [4.69, 9.17) is 9.47 Å². The van der Waals surface area contributed by atoms with Gasteiger partial charge >= 0.3 is 12.1 Å². The van der Waals surface area contributed by atoms with Gasteiger partial charge in [-0.3, -0.25) is 4.79 Å². The minimum atomic E-state index is -0.547. The Morgan fingerprint density at radius 2 is 1.81 bits per heavy atom. The molecule has 1 N–H and O–H groups in total. The van der Waals surface area contributed by atoms with Crippen LogP contribution in [0.3, 0.4) is 0 Å². The van der Waals surface area contributed by atoms with Gasteiger partial charge in [-0.05, 0) is 26.3 Å². The van der Waals surface area contributed by atoms with E-state index in [0.717, 1.165) is 5.56 Å². The van der Waals surface area contributed by atoms with Crippen molar-refractivity contribution in [3.63, 3.8) is 0 Å². The number of amides is 1. The van der Waals surface area contributed by atoms with Crippen LogP contribution in [-0.4, -0.2) is 31.3 Å². The summed E-state index contributed by atoms with van der Waals surface area (Å²) in [6.07, 6.45) is -0.288. The SMILES string of the molecule is COC(=O)C[C@@H](CNC(=O)OC(C)(C)C)c1ccccc1. The van der Waals surface area contributed by atoms with Crippen molar-refractivity contribution in [3.05, 3.63) is 35.9 Å². The number of benzene rings is 1. The van der Waals surface area contributed by atoms with Crippen LogP contribution < -0.4 is 5.32 Å². The van der Waals surface area contributed by atoms with Crippen molar-refractivity contribution >= 4 is 12.1 Å². The van der Waals surface area contributed by atoms with Gasteiger partial charge in [-0.2, -0.15) is 0 Å².